The molecule has 1 heterocycles. The number of nitrogens with one attached hydrogen (secondary N) is 1. The van der Waals surface area contributed by atoms with E-state index in [2.05, 4.69) is 40.1 Å². The Kier molecular flexibility index (Phi) is 6.07. The lowest BCUT2D eigenvalue weighted by atomic mass is 10.1. The van der Waals surface area contributed by atoms with E-state index < -0.39 is 5.60 Å². The maximum atomic E-state index is 12.7. The number of hydrogen-bond acceptors (Lipinski definition) is 4. The zero-order chi connectivity index (χ0) is 22.9. The molecule has 0 aliphatic carbocycles. The standard InChI is InChI=1S/C26H25BrN2O3/c1-16-13-22-23(14-17(16)2)31-24(29-22)19-7-5-18(6-8-19)15-28-25(30)26(3,4)32-21-11-9-20(27)10-12-21/h5-14H,15H2,1-4H3,(H,28,30). The predicted octanol–water partition coefficient (Wildman–Crippen LogP) is 6.35. The first-order valence-electron chi connectivity index (χ1n) is 10.4. The van der Waals surface area contributed by atoms with Gasteiger partial charge in [-0.2, -0.15) is 0 Å². The Morgan fingerprint density at radius 3 is 2.38 bits per heavy atom. The van der Waals surface area contributed by atoms with Gasteiger partial charge in [0.25, 0.3) is 5.91 Å². The monoisotopic (exact) mass is 492 g/mol. The van der Waals surface area contributed by atoms with Crippen LogP contribution in [0.5, 0.6) is 5.75 Å². The van der Waals surface area contributed by atoms with Crippen LogP contribution in [0.4, 0.5) is 0 Å². The van der Waals surface area contributed by atoms with E-state index in [9.17, 15) is 4.79 Å². The molecule has 0 spiro atoms. The van der Waals surface area contributed by atoms with E-state index in [4.69, 9.17) is 9.15 Å². The Morgan fingerprint density at radius 1 is 1.03 bits per heavy atom. The number of rotatable bonds is 6. The minimum Gasteiger partial charge on any atom is -0.478 e. The van der Waals surface area contributed by atoms with Crippen molar-refractivity contribution in [3.05, 3.63) is 81.8 Å². The van der Waals surface area contributed by atoms with Gasteiger partial charge in [0, 0.05) is 16.6 Å². The van der Waals surface area contributed by atoms with E-state index in [1.165, 1.54) is 11.1 Å². The van der Waals surface area contributed by atoms with Gasteiger partial charge in [-0.3, -0.25) is 4.79 Å². The molecule has 1 amide bonds. The number of hydrogen-bond donors (Lipinski definition) is 1. The van der Waals surface area contributed by atoms with Crippen LogP contribution in [0.15, 0.2) is 69.6 Å². The van der Waals surface area contributed by atoms with Crippen LogP contribution >= 0.6 is 15.9 Å². The smallest absolute Gasteiger partial charge is 0.263 e. The molecule has 6 heteroatoms. The first-order valence-corrected chi connectivity index (χ1v) is 11.2. The molecular weight excluding hydrogens is 468 g/mol. The first kappa shape index (κ1) is 22.1. The van der Waals surface area contributed by atoms with Gasteiger partial charge in [0.1, 0.15) is 11.3 Å². The Morgan fingerprint density at radius 2 is 1.69 bits per heavy atom. The lowest BCUT2D eigenvalue weighted by Gasteiger charge is -2.25. The van der Waals surface area contributed by atoms with E-state index in [0.717, 1.165) is 26.7 Å². The minimum atomic E-state index is -0.998. The summed E-state index contributed by atoms with van der Waals surface area (Å²) in [6.07, 6.45) is 0. The van der Waals surface area contributed by atoms with Gasteiger partial charge in [0.05, 0.1) is 0 Å². The van der Waals surface area contributed by atoms with Crippen molar-refractivity contribution >= 4 is 32.9 Å². The second kappa shape index (κ2) is 8.79. The van der Waals surface area contributed by atoms with Gasteiger partial charge in [0.2, 0.25) is 5.89 Å². The van der Waals surface area contributed by atoms with Gasteiger partial charge >= 0.3 is 0 Å². The van der Waals surface area contributed by atoms with Crippen molar-refractivity contribution in [3.8, 4) is 17.2 Å². The first-order chi connectivity index (χ1) is 15.2. The largest absolute Gasteiger partial charge is 0.478 e. The highest BCUT2D eigenvalue weighted by molar-refractivity contribution is 9.10. The van der Waals surface area contributed by atoms with Crippen LogP contribution in [-0.4, -0.2) is 16.5 Å². The fraction of sp³-hybridized carbons (Fsp3) is 0.231. The third-order valence-corrected chi connectivity index (χ3v) is 5.92. The summed E-state index contributed by atoms with van der Waals surface area (Å²) in [5.41, 5.74) is 4.88. The van der Waals surface area contributed by atoms with Crippen molar-refractivity contribution in [2.75, 3.05) is 0 Å². The molecule has 164 valence electrons. The van der Waals surface area contributed by atoms with Crippen molar-refractivity contribution in [2.24, 2.45) is 0 Å². The maximum absolute atomic E-state index is 12.7. The third-order valence-electron chi connectivity index (χ3n) is 5.39. The molecule has 0 fully saturated rings. The van der Waals surface area contributed by atoms with Crippen LogP contribution in [0, 0.1) is 13.8 Å². The number of ether oxygens (including phenoxy) is 1. The summed E-state index contributed by atoms with van der Waals surface area (Å²) in [6.45, 7) is 8.04. The van der Waals surface area contributed by atoms with Crippen molar-refractivity contribution < 1.29 is 13.9 Å². The molecule has 0 aliphatic heterocycles. The van der Waals surface area contributed by atoms with E-state index in [1.807, 2.05) is 60.7 Å². The third kappa shape index (κ3) is 4.86. The summed E-state index contributed by atoms with van der Waals surface area (Å²) < 4.78 is 12.8. The summed E-state index contributed by atoms with van der Waals surface area (Å²) in [5, 5.41) is 2.95. The number of oxazole rings is 1. The second-order valence-corrected chi connectivity index (χ2v) is 9.28. The molecule has 0 bridgehead atoms. The van der Waals surface area contributed by atoms with Crippen LogP contribution in [0.1, 0.15) is 30.5 Å². The molecule has 0 aliphatic rings. The Bertz CT molecular complexity index is 1220. The Hall–Kier alpha value is -3.12. The van der Waals surface area contributed by atoms with Crippen LogP contribution in [-0.2, 0) is 11.3 Å². The van der Waals surface area contributed by atoms with Gasteiger partial charge in [-0.05, 0) is 92.9 Å². The summed E-state index contributed by atoms with van der Waals surface area (Å²) >= 11 is 3.39. The number of carbonyl (C=O) groups excluding carboxylic acids is 1. The highest BCUT2D eigenvalue weighted by atomic mass is 79.9. The summed E-state index contributed by atoms with van der Waals surface area (Å²) in [6, 6.07) is 19.3. The van der Waals surface area contributed by atoms with Gasteiger partial charge in [-0.1, -0.05) is 28.1 Å². The summed E-state index contributed by atoms with van der Waals surface area (Å²) in [5.74, 6) is 1.04. The van der Waals surface area contributed by atoms with Crippen molar-refractivity contribution in [2.45, 2.75) is 39.8 Å². The molecule has 0 saturated carbocycles. The Balaban J connectivity index is 1.40. The van der Waals surface area contributed by atoms with E-state index in [-0.39, 0.29) is 5.91 Å². The minimum absolute atomic E-state index is 0.186. The topological polar surface area (TPSA) is 64.4 Å². The van der Waals surface area contributed by atoms with Crippen LogP contribution in [0.2, 0.25) is 0 Å². The van der Waals surface area contributed by atoms with E-state index in [1.54, 1.807) is 13.8 Å². The molecule has 3 aromatic carbocycles. The molecule has 0 atom stereocenters. The average molecular weight is 493 g/mol. The normalized spacial score (nSPS) is 11.5. The number of halogens is 1. The lowest BCUT2D eigenvalue weighted by molar-refractivity contribution is -0.134. The molecular formula is C26H25BrN2O3. The van der Waals surface area contributed by atoms with Crippen LogP contribution in [0.3, 0.4) is 0 Å². The number of amides is 1. The second-order valence-electron chi connectivity index (χ2n) is 8.37. The van der Waals surface area contributed by atoms with Crippen LogP contribution in [0.25, 0.3) is 22.6 Å². The number of aryl methyl sites for hydroxylation is 2. The highest BCUT2D eigenvalue weighted by Gasteiger charge is 2.29. The van der Waals surface area contributed by atoms with Gasteiger partial charge < -0.3 is 14.5 Å². The molecule has 4 aromatic rings. The quantitative estimate of drug-likeness (QED) is 0.340. The molecule has 4 rings (SSSR count). The van der Waals surface area contributed by atoms with Crippen LogP contribution < -0.4 is 10.1 Å². The maximum Gasteiger partial charge on any atom is 0.263 e. The van der Waals surface area contributed by atoms with Gasteiger partial charge in [-0.25, -0.2) is 4.98 Å². The summed E-state index contributed by atoms with van der Waals surface area (Å²) in [4.78, 5) is 17.3. The number of benzene rings is 3. The van der Waals surface area contributed by atoms with Gasteiger partial charge in [0.15, 0.2) is 11.2 Å². The average Bonchev–Trinajstić information content (AvgIpc) is 3.16. The zero-order valence-corrected chi connectivity index (χ0v) is 20.1. The number of aromatic nitrogens is 1. The molecule has 0 radical (unpaired) electrons. The molecule has 1 aromatic heterocycles. The fourth-order valence-electron chi connectivity index (χ4n) is 3.31. The molecule has 32 heavy (non-hydrogen) atoms. The number of nitrogens with zero attached hydrogens (tertiary/aromatic N) is 1. The Labute approximate surface area is 195 Å². The lowest BCUT2D eigenvalue weighted by Crippen LogP contribution is -2.46. The number of fused-ring (bicyclic) bond motifs is 1. The SMILES string of the molecule is Cc1cc2nc(-c3ccc(CNC(=O)C(C)(C)Oc4ccc(Br)cc4)cc3)oc2cc1C. The van der Waals surface area contributed by atoms with Gasteiger partial charge in [-0.15, -0.1) is 0 Å². The summed E-state index contributed by atoms with van der Waals surface area (Å²) in [7, 11) is 0. The number of carbonyl (C=O) groups is 1. The van der Waals surface area contributed by atoms with Crippen molar-refractivity contribution in [1.82, 2.24) is 10.3 Å². The molecule has 0 saturated heterocycles. The molecule has 0 unspecified atom stereocenters. The zero-order valence-electron chi connectivity index (χ0n) is 18.5. The van der Waals surface area contributed by atoms with E-state index in [0.29, 0.717) is 18.2 Å². The predicted molar refractivity (Wildman–Crippen MR) is 130 cm³/mol. The van der Waals surface area contributed by atoms with Crippen molar-refractivity contribution in [1.29, 1.82) is 0 Å². The van der Waals surface area contributed by atoms with E-state index >= 15 is 0 Å². The molecule has 1 N–H and O–H groups in total. The molecule has 5 nitrogen and oxygen atoms in total. The highest BCUT2D eigenvalue weighted by Crippen LogP contribution is 2.27. The fourth-order valence-corrected chi connectivity index (χ4v) is 3.57. The van der Waals surface area contributed by atoms with Crippen molar-refractivity contribution in [3.63, 3.8) is 0 Å².